The van der Waals surface area contributed by atoms with Crippen LogP contribution in [0.5, 0.6) is 11.6 Å². The van der Waals surface area contributed by atoms with Crippen LogP contribution in [0.2, 0.25) is 0 Å². The zero-order chi connectivity index (χ0) is 14.7. The number of benzene rings is 1. The molecule has 1 aromatic heterocycles. The number of aryl methyl sites for hydroxylation is 1. The van der Waals surface area contributed by atoms with Gasteiger partial charge in [0, 0.05) is 22.3 Å². The normalized spacial score (nSPS) is 9.85. The first kappa shape index (κ1) is 14.0. The van der Waals surface area contributed by atoms with Gasteiger partial charge in [0.1, 0.15) is 11.6 Å². The summed E-state index contributed by atoms with van der Waals surface area (Å²) in [4.78, 5) is 14.5. The number of nitro benzene ring substituents is 1. The third kappa shape index (κ3) is 2.75. The molecule has 0 aliphatic heterocycles. The molecule has 0 unspecified atom stereocenters. The lowest BCUT2D eigenvalue weighted by Gasteiger charge is -2.09. The van der Waals surface area contributed by atoms with Crippen LogP contribution in [0.4, 0.5) is 5.69 Å². The summed E-state index contributed by atoms with van der Waals surface area (Å²) in [6, 6.07) is 8.09. The fraction of sp³-hybridized carbons (Fsp3) is 0.0769. The van der Waals surface area contributed by atoms with Gasteiger partial charge in [0.25, 0.3) is 0 Å². The first-order valence-corrected chi connectivity index (χ1v) is 6.29. The number of hydrogen-bond donors (Lipinski definition) is 0. The second-order valence-electron chi connectivity index (χ2n) is 3.90. The van der Waals surface area contributed by atoms with Crippen molar-refractivity contribution in [3.05, 3.63) is 56.2 Å². The molecule has 0 atom stereocenters. The van der Waals surface area contributed by atoms with Crippen molar-refractivity contribution in [2.24, 2.45) is 0 Å². The Morgan fingerprint density at radius 2 is 2.25 bits per heavy atom. The lowest BCUT2D eigenvalue weighted by molar-refractivity contribution is -0.385. The number of ether oxygens (including phenoxy) is 1. The first-order valence-electron chi connectivity index (χ1n) is 5.50. The maximum atomic E-state index is 11.1. The van der Waals surface area contributed by atoms with Crippen LogP contribution in [0.15, 0.2) is 34.9 Å². The third-order valence-electron chi connectivity index (χ3n) is 2.51. The Kier molecular flexibility index (Phi) is 3.96. The van der Waals surface area contributed by atoms with Gasteiger partial charge in [-0.1, -0.05) is 15.9 Å². The lowest BCUT2D eigenvalue weighted by Crippen LogP contribution is -1.98. The summed E-state index contributed by atoms with van der Waals surface area (Å²) >= 11 is 3.20. The molecule has 0 N–H and O–H groups in total. The minimum absolute atomic E-state index is 0.0449. The van der Waals surface area contributed by atoms with E-state index >= 15 is 0 Å². The largest absolute Gasteiger partial charge is 0.430 e. The Balaban J connectivity index is 2.54. The number of nitrogens with zero attached hydrogens (tertiary/aromatic N) is 3. The smallest absolute Gasteiger partial charge is 0.313 e. The fourth-order valence-corrected chi connectivity index (χ4v) is 2.19. The van der Waals surface area contributed by atoms with Crippen LogP contribution >= 0.6 is 15.9 Å². The average molecular weight is 334 g/mol. The summed E-state index contributed by atoms with van der Waals surface area (Å²) in [6.07, 6.45) is 1.45. The molecule has 0 amide bonds. The van der Waals surface area contributed by atoms with E-state index in [0.717, 1.165) is 0 Å². The van der Waals surface area contributed by atoms with Crippen LogP contribution < -0.4 is 4.74 Å². The second-order valence-corrected chi connectivity index (χ2v) is 4.81. The molecular weight excluding hydrogens is 326 g/mol. The van der Waals surface area contributed by atoms with Crippen LogP contribution in [0.1, 0.15) is 11.1 Å². The Morgan fingerprint density at radius 1 is 1.50 bits per heavy atom. The van der Waals surface area contributed by atoms with Crippen LogP contribution in [0.25, 0.3) is 0 Å². The molecule has 1 heterocycles. The molecule has 100 valence electrons. The van der Waals surface area contributed by atoms with Crippen LogP contribution in [0, 0.1) is 28.4 Å². The van der Waals surface area contributed by atoms with Gasteiger partial charge in [0.15, 0.2) is 0 Å². The Labute approximate surface area is 122 Å². The van der Waals surface area contributed by atoms with Gasteiger partial charge in [-0.2, -0.15) is 5.26 Å². The summed E-state index contributed by atoms with van der Waals surface area (Å²) in [5.41, 5.74) is 0.594. The van der Waals surface area contributed by atoms with E-state index in [2.05, 4.69) is 20.9 Å². The fourth-order valence-electron chi connectivity index (χ4n) is 1.63. The van der Waals surface area contributed by atoms with Crippen LogP contribution in [-0.2, 0) is 0 Å². The van der Waals surface area contributed by atoms with Gasteiger partial charge in [-0.25, -0.2) is 4.98 Å². The molecule has 0 aliphatic carbocycles. The lowest BCUT2D eigenvalue weighted by atomic mass is 10.2. The van der Waals surface area contributed by atoms with E-state index in [9.17, 15) is 10.1 Å². The topological polar surface area (TPSA) is 89.1 Å². The zero-order valence-corrected chi connectivity index (χ0v) is 11.9. The Bertz CT molecular complexity index is 725. The highest BCUT2D eigenvalue weighted by Crippen LogP contribution is 2.37. The molecule has 20 heavy (non-hydrogen) atoms. The van der Waals surface area contributed by atoms with Crippen molar-refractivity contribution in [1.29, 1.82) is 5.26 Å². The molecule has 0 radical (unpaired) electrons. The molecule has 2 aromatic rings. The molecule has 0 fully saturated rings. The number of aromatic nitrogens is 1. The minimum Gasteiger partial charge on any atom is -0.430 e. The highest BCUT2D eigenvalue weighted by atomic mass is 79.9. The molecule has 2 rings (SSSR count). The van der Waals surface area contributed by atoms with E-state index in [-0.39, 0.29) is 22.9 Å². The van der Waals surface area contributed by atoms with Gasteiger partial charge in [-0.15, -0.1) is 0 Å². The molecule has 0 saturated carbocycles. The number of nitriles is 1. The van der Waals surface area contributed by atoms with Crippen molar-refractivity contribution in [1.82, 2.24) is 4.98 Å². The molecule has 1 aromatic carbocycles. The quantitative estimate of drug-likeness (QED) is 0.630. The highest BCUT2D eigenvalue weighted by molar-refractivity contribution is 9.10. The predicted octanol–water partition coefficient (Wildman–Crippen LogP) is 3.72. The molecular formula is C13H8BrN3O3. The van der Waals surface area contributed by atoms with E-state index in [4.69, 9.17) is 10.00 Å². The van der Waals surface area contributed by atoms with Gasteiger partial charge < -0.3 is 4.74 Å². The number of pyridine rings is 1. The van der Waals surface area contributed by atoms with Crippen molar-refractivity contribution in [2.75, 3.05) is 0 Å². The molecule has 0 saturated heterocycles. The zero-order valence-electron chi connectivity index (χ0n) is 10.3. The average Bonchev–Trinajstić information content (AvgIpc) is 2.41. The first-order chi connectivity index (χ1) is 9.52. The standard InChI is InChI=1S/C13H8BrN3O3/c1-8-5-10(14)6-11(17(18)19)12(8)20-13-9(7-15)3-2-4-16-13/h2-6H,1H3. The maximum absolute atomic E-state index is 11.1. The summed E-state index contributed by atoms with van der Waals surface area (Å²) in [5.74, 6) is 0.122. The summed E-state index contributed by atoms with van der Waals surface area (Å²) in [6.45, 7) is 1.68. The van der Waals surface area contributed by atoms with Gasteiger partial charge in [-0.3, -0.25) is 10.1 Å². The number of rotatable bonds is 3. The van der Waals surface area contributed by atoms with Gasteiger partial charge in [0.2, 0.25) is 11.6 Å². The number of nitro groups is 1. The predicted molar refractivity (Wildman–Crippen MR) is 74.6 cm³/mol. The molecule has 6 nitrogen and oxygen atoms in total. The number of halogens is 1. The highest BCUT2D eigenvalue weighted by Gasteiger charge is 2.21. The summed E-state index contributed by atoms with van der Waals surface area (Å²) in [7, 11) is 0. The third-order valence-corrected chi connectivity index (χ3v) is 2.96. The summed E-state index contributed by atoms with van der Waals surface area (Å²) in [5, 5.41) is 20.1. The van der Waals surface area contributed by atoms with Crippen LogP contribution in [0.3, 0.4) is 0 Å². The van der Waals surface area contributed by atoms with E-state index in [1.807, 2.05) is 6.07 Å². The van der Waals surface area contributed by atoms with E-state index in [1.54, 1.807) is 19.1 Å². The van der Waals surface area contributed by atoms with Crippen LogP contribution in [-0.4, -0.2) is 9.91 Å². The van der Waals surface area contributed by atoms with Gasteiger partial charge in [0.05, 0.1) is 4.92 Å². The van der Waals surface area contributed by atoms with Crippen molar-refractivity contribution in [3.63, 3.8) is 0 Å². The van der Waals surface area contributed by atoms with E-state index in [1.165, 1.54) is 18.3 Å². The molecule has 0 bridgehead atoms. The van der Waals surface area contributed by atoms with Gasteiger partial charge in [-0.05, 0) is 25.1 Å². The SMILES string of the molecule is Cc1cc(Br)cc([N+](=O)[O-])c1Oc1ncccc1C#N. The Hall–Kier alpha value is -2.46. The van der Waals surface area contributed by atoms with E-state index in [0.29, 0.717) is 10.0 Å². The van der Waals surface area contributed by atoms with E-state index < -0.39 is 4.92 Å². The van der Waals surface area contributed by atoms with Crippen molar-refractivity contribution >= 4 is 21.6 Å². The Morgan fingerprint density at radius 3 is 2.90 bits per heavy atom. The summed E-state index contributed by atoms with van der Waals surface area (Å²) < 4.78 is 6.06. The second kappa shape index (κ2) is 5.67. The number of hydrogen-bond acceptors (Lipinski definition) is 5. The van der Waals surface area contributed by atoms with Crippen molar-refractivity contribution in [3.8, 4) is 17.7 Å². The molecule has 0 spiro atoms. The van der Waals surface area contributed by atoms with Crippen molar-refractivity contribution in [2.45, 2.75) is 6.92 Å². The maximum Gasteiger partial charge on any atom is 0.313 e. The van der Waals surface area contributed by atoms with Gasteiger partial charge >= 0.3 is 5.69 Å². The monoisotopic (exact) mass is 333 g/mol. The molecule has 7 heteroatoms. The van der Waals surface area contributed by atoms with Crippen molar-refractivity contribution < 1.29 is 9.66 Å². The molecule has 0 aliphatic rings. The minimum atomic E-state index is -0.540.